The summed E-state index contributed by atoms with van der Waals surface area (Å²) < 4.78 is 38.3. The summed E-state index contributed by atoms with van der Waals surface area (Å²) in [7, 11) is 0. The molecule has 1 aliphatic heterocycles. The van der Waals surface area contributed by atoms with Crippen LogP contribution in [0.5, 0.6) is 0 Å². The number of carboxylic acids is 1. The maximum Gasteiger partial charge on any atom is 0.433 e. The van der Waals surface area contributed by atoms with Gasteiger partial charge in [-0.15, -0.1) is 0 Å². The molecule has 0 radical (unpaired) electrons. The topological polar surface area (TPSA) is 53.4 Å². The summed E-state index contributed by atoms with van der Waals surface area (Å²) in [5.74, 6) is -0.720. The number of pyridine rings is 1. The van der Waals surface area contributed by atoms with Crippen LogP contribution < -0.4 is 4.90 Å². The fourth-order valence-corrected chi connectivity index (χ4v) is 2.64. The number of alkyl halides is 3. The van der Waals surface area contributed by atoms with Crippen molar-refractivity contribution in [2.45, 2.75) is 19.1 Å². The van der Waals surface area contributed by atoms with Gasteiger partial charge in [-0.25, -0.2) is 9.78 Å². The third kappa shape index (κ3) is 3.13. The number of carboxylic acid groups (broad SMARTS) is 1. The fraction of sp³-hybridized carbons (Fsp3) is 0.250. The number of aromatic nitrogens is 1. The van der Waals surface area contributed by atoms with Crippen molar-refractivity contribution >= 4 is 11.8 Å². The number of nitrogens with zero attached hydrogens (tertiary/aromatic N) is 2. The highest BCUT2D eigenvalue weighted by Gasteiger charge is 2.33. The first-order valence-electron chi connectivity index (χ1n) is 6.99. The molecule has 1 N–H and O–H groups in total. The number of halogens is 3. The van der Waals surface area contributed by atoms with Gasteiger partial charge in [0.2, 0.25) is 0 Å². The minimum Gasteiger partial charge on any atom is -0.478 e. The van der Waals surface area contributed by atoms with Gasteiger partial charge < -0.3 is 10.0 Å². The van der Waals surface area contributed by atoms with E-state index < -0.39 is 17.8 Å². The monoisotopic (exact) mass is 322 g/mol. The highest BCUT2D eigenvalue weighted by atomic mass is 19.4. The summed E-state index contributed by atoms with van der Waals surface area (Å²) in [4.78, 5) is 16.4. The van der Waals surface area contributed by atoms with Crippen LogP contribution in [0.1, 0.15) is 27.2 Å². The van der Waals surface area contributed by atoms with Crippen molar-refractivity contribution in [1.29, 1.82) is 0 Å². The molecule has 0 saturated carbocycles. The molecule has 120 valence electrons. The number of anilines is 1. The lowest BCUT2D eigenvalue weighted by Gasteiger charge is -2.30. The van der Waals surface area contributed by atoms with Crippen molar-refractivity contribution in [3.63, 3.8) is 0 Å². The summed E-state index contributed by atoms with van der Waals surface area (Å²) in [6, 6.07) is 8.66. The molecule has 1 aromatic heterocycles. The number of hydrogen-bond donors (Lipinski definition) is 1. The van der Waals surface area contributed by atoms with Crippen LogP contribution in [0.3, 0.4) is 0 Å². The summed E-state index contributed by atoms with van der Waals surface area (Å²) in [5, 5.41) is 9.00. The van der Waals surface area contributed by atoms with E-state index in [-0.39, 0.29) is 11.4 Å². The Kier molecular flexibility index (Phi) is 3.71. The molecule has 23 heavy (non-hydrogen) atoms. The Morgan fingerprint density at radius 1 is 1.17 bits per heavy atom. The zero-order chi connectivity index (χ0) is 16.6. The summed E-state index contributed by atoms with van der Waals surface area (Å²) in [5.41, 5.74) is 1.12. The van der Waals surface area contributed by atoms with Crippen molar-refractivity contribution in [2.24, 2.45) is 0 Å². The second-order valence-corrected chi connectivity index (χ2v) is 5.34. The zero-order valence-corrected chi connectivity index (χ0v) is 12.0. The smallest absolute Gasteiger partial charge is 0.433 e. The Balaban J connectivity index is 1.86. The zero-order valence-electron chi connectivity index (χ0n) is 12.0. The second kappa shape index (κ2) is 5.57. The first-order chi connectivity index (χ1) is 10.8. The Hall–Kier alpha value is -2.57. The van der Waals surface area contributed by atoms with Gasteiger partial charge in [-0.3, -0.25) is 0 Å². The van der Waals surface area contributed by atoms with Gasteiger partial charge in [0.1, 0.15) is 11.5 Å². The lowest BCUT2D eigenvalue weighted by atomic mass is 9.97. The predicted octanol–water partition coefficient (Wildman–Crippen LogP) is 3.36. The maximum absolute atomic E-state index is 12.8. The highest BCUT2D eigenvalue weighted by molar-refractivity contribution is 5.88. The van der Waals surface area contributed by atoms with E-state index in [0.29, 0.717) is 19.5 Å². The van der Waals surface area contributed by atoms with Crippen LogP contribution >= 0.6 is 0 Å². The summed E-state index contributed by atoms with van der Waals surface area (Å²) >= 11 is 0. The molecular formula is C16H13F3N2O2. The Bertz CT molecular complexity index is 759. The van der Waals surface area contributed by atoms with Gasteiger partial charge in [0, 0.05) is 13.1 Å². The molecule has 0 unspecified atom stereocenters. The number of fused-ring (bicyclic) bond motifs is 1. The molecule has 3 rings (SSSR count). The average Bonchev–Trinajstić information content (AvgIpc) is 2.53. The molecule has 0 saturated heterocycles. The number of carbonyl (C=O) groups is 1. The molecule has 2 heterocycles. The molecule has 0 amide bonds. The quantitative estimate of drug-likeness (QED) is 0.921. The lowest BCUT2D eigenvalue weighted by Crippen LogP contribution is -2.31. The average molecular weight is 322 g/mol. The largest absolute Gasteiger partial charge is 0.478 e. The molecular weight excluding hydrogens is 309 g/mol. The standard InChI is InChI=1S/C16H13F3N2O2/c17-16(18,19)13-2-1-3-14(20-13)21-7-6-10-8-11(15(22)23)4-5-12(10)9-21/h1-5,8H,6-7,9H2,(H,22,23). The molecule has 2 aromatic rings. The van der Waals surface area contributed by atoms with Crippen LogP contribution in [-0.2, 0) is 19.1 Å². The molecule has 7 heteroatoms. The van der Waals surface area contributed by atoms with Crippen LogP contribution in [0.4, 0.5) is 19.0 Å². The van der Waals surface area contributed by atoms with Gasteiger partial charge in [-0.1, -0.05) is 12.1 Å². The van der Waals surface area contributed by atoms with Crippen molar-refractivity contribution in [3.05, 3.63) is 58.8 Å². The van der Waals surface area contributed by atoms with Gasteiger partial charge in [0.25, 0.3) is 0 Å². The van der Waals surface area contributed by atoms with Crippen molar-refractivity contribution in [2.75, 3.05) is 11.4 Å². The van der Waals surface area contributed by atoms with E-state index in [1.165, 1.54) is 12.1 Å². The number of benzene rings is 1. The van der Waals surface area contributed by atoms with Gasteiger partial charge >= 0.3 is 12.1 Å². The van der Waals surface area contributed by atoms with E-state index >= 15 is 0 Å². The molecule has 4 nitrogen and oxygen atoms in total. The third-order valence-electron chi connectivity index (χ3n) is 3.81. The van der Waals surface area contributed by atoms with Crippen LogP contribution in [-0.4, -0.2) is 22.6 Å². The van der Waals surface area contributed by atoms with Gasteiger partial charge in [0.05, 0.1) is 5.56 Å². The molecule has 0 fully saturated rings. The first-order valence-corrected chi connectivity index (χ1v) is 6.99. The lowest BCUT2D eigenvalue weighted by molar-refractivity contribution is -0.141. The Morgan fingerprint density at radius 3 is 2.65 bits per heavy atom. The summed E-state index contributed by atoms with van der Waals surface area (Å²) in [6.45, 7) is 0.897. The molecule has 1 aromatic carbocycles. The van der Waals surface area contributed by atoms with E-state index in [1.54, 1.807) is 23.1 Å². The molecule has 0 bridgehead atoms. The number of hydrogen-bond acceptors (Lipinski definition) is 3. The first kappa shape index (κ1) is 15.3. The van der Waals surface area contributed by atoms with Crippen LogP contribution in [0.2, 0.25) is 0 Å². The predicted molar refractivity (Wildman–Crippen MR) is 77.4 cm³/mol. The highest BCUT2D eigenvalue weighted by Crippen LogP contribution is 2.30. The molecule has 0 aliphatic carbocycles. The minimum atomic E-state index is -4.47. The van der Waals surface area contributed by atoms with E-state index in [0.717, 1.165) is 17.2 Å². The summed E-state index contributed by atoms with van der Waals surface area (Å²) in [6.07, 6.45) is -3.91. The molecule has 1 aliphatic rings. The normalized spacial score (nSPS) is 14.5. The van der Waals surface area contributed by atoms with E-state index in [4.69, 9.17) is 5.11 Å². The Morgan fingerprint density at radius 2 is 1.96 bits per heavy atom. The third-order valence-corrected chi connectivity index (χ3v) is 3.81. The second-order valence-electron chi connectivity index (χ2n) is 5.34. The van der Waals surface area contributed by atoms with Gasteiger partial charge in [0.15, 0.2) is 0 Å². The van der Waals surface area contributed by atoms with Crippen LogP contribution in [0.25, 0.3) is 0 Å². The number of rotatable bonds is 2. The SMILES string of the molecule is O=C(O)c1ccc2c(c1)CCN(c1cccc(C(F)(F)F)n1)C2. The Labute approximate surface area is 130 Å². The van der Waals surface area contributed by atoms with Crippen molar-refractivity contribution in [1.82, 2.24) is 4.98 Å². The fourth-order valence-electron chi connectivity index (χ4n) is 2.64. The van der Waals surface area contributed by atoms with E-state index in [9.17, 15) is 18.0 Å². The van der Waals surface area contributed by atoms with E-state index in [2.05, 4.69) is 4.98 Å². The van der Waals surface area contributed by atoms with E-state index in [1.807, 2.05) is 0 Å². The molecule has 0 spiro atoms. The van der Waals surface area contributed by atoms with Crippen LogP contribution in [0, 0.1) is 0 Å². The van der Waals surface area contributed by atoms with Gasteiger partial charge in [-0.05, 0) is 41.8 Å². The maximum atomic E-state index is 12.8. The molecule has 0 atom stereocenters. The number of aromatic carboxylic acids is 1. The van der Waals surface area contributed by atoms with Gasteiger partial charge in [-0.2, -0.15) is 13.2 Å². The van der Waals surface area contributed by atoms with Crippen LogP contribution in [0.15, 0.2) is 36.4 Å². The van der Waals surface area contributed by atoms with Crippen molar-refractivity contribution < 1.29 is 23.1 Å². The van der Waals surface area contributed by atoms with Crippen molar-refractivity contribution in [3.8, 4) is 0 Å². The minimum absolute atomic E-state index is 0.217.